The molecule has 6 nitrogen and oxygen atoms in total. The van der Waals surface area contributed by atoms with E-state index in [0.29, 0.717) is 12.3 Å². The molecule has 0 aromatic heterocycles. The number of nitrogens with one attached hydrogen (secondary N) is 2. The molecule has 1 aromatic carbocycles. The number of ether oxygens (including phenoxy) is 1. The fraction of sp³-hybridized carbons (Fsp3) is 0.500. The monoisotopic (exact) mass is 366 g/mol. The van der Waals surface area contributed by atoms with Crippen molar-refractivity contribution >= 4 is 15.9 Å². The third kappa shape index (κ3) is 5.31. The number of allylic oxidation sites excluding steroid dienone is 1. The van der Waals surface area contributed by atoms with Gasteiger partial charge in [-0.2, -0.15) is 0 Å². The molecule has 0 heterocycles. The predicted octanol–water partition coefficient (Wildman–Crippen LogP) is 2.61. The van der Waals surface area contributed by atoms with Crippen molar-refractivity contribution in [3.8, 4) is 5.75 Å². The smallest absolute Gasteiger partial charge is 0.255 e. The highest BCUT2D eigenvalue weighted by atomic mass is 32.2. The second kappa shape index (κ2) is 8.49. The lowest BCUT2D eigenvalue weighted by molar-refractivity contribution is 0.0940. The minimum absolute atomic E-state index is 0.0543. The summed E-state index contributed by atoms with van der Waals surface area (Å²) in [6.45, 7) is 3.98. The molecule has 1 aliphatic rings. The van der Waals surface area contributed by atoms with Crippen LogP contribution in [0.3, 0.4) is 0 Å². The molecule has 0 bridgehead atoms. The summed E-state index contributed by atoms with van der Waals surface area (Å²) in [5, 5.41) is 2.75. The fourth-order valence-electron chi connectivity index (χ4n) is 2.71. The van der Waals surface area contributed by atoms with Crippen LogP contribution in [0.2, 0.25) is 0 Å². The zero-order valence-corrected chi connectivity index (χ0v) is 15.8. The van der Waals surface area contributed by atoms with Crippen molar-refractivity contribution in [2.45, 2.75) is 50.5 Å². The average molecular weight is 366 g/mol. The molecule has 1 amide bonds. The molecule has 0 saturated carbocycles. The summed E-state index contributed by atoms with van der Waals surface area (Å²) < 4.78 is 32.9. The SMILES string of the molecule is COc1ccc(S(=O)(=O)NCC2=CCCCC2)cc1C(=O)NC(C)C. The number of carbonyl (C=O) groups excluding carboxylic acids is 1. The van der Waals surface area contributed by atoms with Crippen LogP contribution in [0, 0.1) is 0 Å². The number of benzene rings is 1. The molecule has 0 radical (unpaired) electrons. The number of carbonyl (C=O) groups is 1. The topological polar surface area (TPSA) is 84.5 Å². The summed E-state index contributed by atoms with van der Waals surface area (Å²) >= 11 is 0. The van der Waals surface area contributed by atoms with Crippen LogP contribution in [0.1, 0.15) is 49.9 Å². The average Bonchev–Trinajstić information content (AvgIpc) is 2.59. The van der Waals surface area contributed by atoms with Crippen molar-refractivity contribution in [3.05, 3.63) is 35.4 Å². The van der Waals surface area contributed by atoms with Gasteiger partial charge >= 0.3 is 0 Å². The molecular formula is C18H26N2O4S. The zero-order valence-electron chi connectivity index (χ0n) is 15.0. The van der Waals surface area contributed by atoms with Gasteiger partial charge in [-0.05, 0) is 57.7 Å². The zero-order chi connectivity index (χ0) is 18.4. The molecule has 0 atom stereocenters. The van der Waals surface area contributed by atoms with Crippen molar-refractivity contribution in [1.82, 2.24) is 10.0 Å². The van der Waals surface area contributed by atoms with Gasteiger partial charge in [0.2, 0.25) is 10.0 Å². The molecule has 2 N–H and O–H groups in total. The van der Waals surface area contributed by atoms with Crippen molar-refractivity contribution in [2.24, 2.45) is 0 Å². The Morgan fingerprint density at radius 1 is 1.28 bits per heavy atom. The predicted molar refractivity (Wildman–Crippen MR) is 97.3 cm³/mol. The Labute approximate surface area is 149 Å². The summed E-state index contributed by atoms with van der Waals surface area (Å²) in [5.74, 6) is -0.0222. The van der Waals surface area contributed by atoms with Crippen LogP contribution in [-0.2, 0) is 10.0 Å². The van der Waals surface area contributed by atoms with Gasteiger partial charge in [-0.25, -0.2) is 13.1 Å². The van der Waals surface area contributed by atoms with Crippen LogP contribution in [0.5, 0.6) is 5.75 Å². The van der Waals surface area contributed by atoms with E-state index in [2.05, 4.69) is 16.1 Å². The second-order valence-electron chi connectivity index (χ2n) is 6.42. The Bertz CT molecular complexity index is 754. The first-order chi connectivity index (χ1) is 11.8. The van der Waals surface area contributed by atoms with E-state index in [4.69, 9.17) is 4.74 Å². The van der Waals surface area contributed by atoms with E-state index in [9.17, 15) is 13.2 Å². The van der Waals surface area contributed by atoms with E-state index in [1.54, 1.807) is 0 Å². The normalized spacial score (nSPS) is 15.0. The van der Waals surface area contributed by atoms with Crippen molar-refractivity contribution < 1.29 is 17.9 Å². The molecule has 138 valence electrons. The van der Waals surface area contributed by atoms with E-state index in [1.807, 2.05) is 13.8 Å². The van der Waals surface area contributed by atoms with Crippen LogP contribution in [0.25, 0.3) is 0 Å². The molecule has 7 heteroatoms. The first-order valence-corrected chi connectivity index (χ1v) is 9.98. The van der Waals surface area contributed by atoms with Gasteiger partial charge in [-0.15, -0.1) is 0 Å². The Morgan fingerprint density at radius 3 is 2.64 bits per heavy atom. The van der Waals surface area contributed by atoms with Gasteiger partial charge in [0.1, 0.15) is 5.75 Å². The van der Waals surface area contributed by atoms with Crippen LogP contribution in [0.15, 0.2) is 34.7 Å². The van der Waals surface area contributed by atoms with E-state index in [-0.39, 0.29) is 22.4 Å². The Hall–Kier alpha value is -1.86. The van der Waals surface area contributed by atoms with Crippen LogP contribution in [-0.4, -0.2) is 34.0 Å². The van der Waals surface area contributed by atoms with E-state index >= 15 is 0 Å². The maximum atomic E-state index is 12.6. The van der Waals surface area contributed by atoms with Crippen LogP contribution >= 0.6 is 0 Å². The highest BCUT2D eigenvalue weighted by molar-refractivity contribution is 7.89. The Morgan fingerprint density at radius 2 is 2.04 bits per heavy atom. The van der Waals surface area contributed by atoms with Crippen LogP contribution < -0.4 is 14.8 Å². The lowest BCUT2D eigenvalue weighted by Crippen LogP contribution is -2.31. The van der Waals surface area contributed by atoms with Gasteiger partial charge in [0.15, 0.2) is 0 Å². The number of hydrogen-bond acceptors (Lipinski definition) is 4. The molecular weight excluding hydrogens is 340 g/mol. The molecule has 1 aromatic rings. The van der Waals surface area contributed by atoms with E-state index in [0.717, 1.165) is 31.3 Å². The van der Waals surface area contributed by atoms with Crippen LogP contribution in [0.4, 0.5) is 0 Å². The van der Waals surface area contributed by atoms with Gasteiger partial charge in [0.05, 0.1) is 17.6 Å². The highest BCUT2D eigenvalue weighted by Gasteiger charge is 2.20. The van der Waals surface area contributed by atoms with E-state index < -0.39 is 10.0 Å². The number of methoxy groups -OCH3 is 1. The highest BCUT2D eigenvalue weighted by Crippen LogP contribution is 2.23. The summed E-state index contributed by atoms with van der Waals surface area (Å²) in [7, 11) is -2.25. The van der Waals surface area contributed by atoms with Gasteiger partial charge < -0.3 is 10.1 Å². The molecule has 2 rings (SSSR count). The molecule has 0 fully saturated rings. The second-order valence-corrected chi connectivity index (χ2v) is 8.19. The molecule has 0 saturated heterocycles. The third-order valence-electron chi connectivity index (χ3n) is 4.02. The number of hydrogen-bond donors (Lipinski definition) is 2. The standard InChI is InChI=1S/C18H26N2O4S/c1-13(2)20-18(21)16-11-15(9-10-17(16)24-3)25(22,23)19-12-14-7-5-4-6-8-14/h7,9-11,13,19H,4-6,8,12H2,1-3H3,(H,20,21). The first kappa shape index (κ1) is 19.5. The molecule has 0 aliphatic heterocycles. The summed E-state index contributed by atoms with van der Waals surface area (Å²) in [4.78, 5) is 12.4. The molecule has 0 spiro atoms. The maximum Gasteiger partial charge on any atom is 0.255 e. The van der Waals surface area contributed by atoms with Gasteiger partial charge in [-0.1, -0.05) is 11.6 Å². The third-order valence-corrected chi connectivity index (χ3v) is 5.42. The van der Waals surface area contributed by atoms with Crippen molar-refractivity contribution in [1.29, 1.82) is 0 Å². The molecule has 1 aliphatic carbocycles. The molecule has 25 heavy (non-hydrogen) atoms. The minimum Gasteiger partial charge on any atom is -0.496 e. The number of sulfonamides is 1. The van der Waals surface area contributed by atoms with Crippen molar-refractivity contribution in [2.75, 3.05) is 13.7 Å². The Balaban J connectivity index is 2.22. The summed E-state index contributed by atoms with van der Waals surface area (Å²) in [6.07, 6.45) is 6.27. The summed E-state index contributed by atoms with van der Waals surface area (Å²) in [5.41, 5.74) is 1.32. The first-order valence-electron chi connectivity index (χ1n) is 8.50. The van der Waals surface area contributed by atoms with Crippen molar-refractivity contribution in [3.63, 3.8) is 0 Å². The van der Waals surface area contributed by atoms with Gasteiger partial charge in [-0.3, -0.25) is 4.79 Å². The van der Waals surface area contributed by atoms with Gasteiger partial charge in [0, 0.05) is 12.6 Å². The largest absolute Gasteiger partial charge is 0.496 e. The Kier molecular flexibility index (Phi) is 6.61. The quantitative estimate of drug-likeness (QED) is 0.727. The molecule has 0 unspecified atom stereocenters. The summed E-state index contributed by atoms with van der Waals surface area (Å²) in [6, 6.07) is 4.24. The minimum atomic E-state index is -3.70. The lowest BCUT2D eigenvalue weighted by Gasteiger charge is -2.15. The fourth-order valence-corrected chi connectivity index (χ4v) is 3.77. The van der Waals surface area contributed by atoms with Gasteiger partial charge in [0.25, 0.3) is 5.91 Å². The lowest BCUT2D eigenvalue weighted by atomic mass is 10.0. The maximum absolute atomic E-state index is 12.6. The number of amides is 1. The van der Waals surface area contributed by atoms with E-state index in [1.165, 1.54) is 25.3 Å². The number of rotatable bonds is 7.